The van der Waals surface area contributed by atoms with E-state index in [0.29, 0.717) is 12.1 Å². The maximum Gasteiger partial charge on any atom is 0.252 e. The van der Waals surface area contributed by atoms with Crippen LogP contribution in [0.4, 0.5) is 11.5 Å². The molecular formula is C24H30N4O. The zero-order valence-corrected chi connectivity index (χ0v) is 17.0. The highest BCUT2D eigenvalue weighted by atomic mass is 16.1. The van der Waals surface area contributed by atoms with Crippen LogP contribution < -0.4 is 15.1 Å². The number of amides is 1. The molecule has 1 aliphatic heterocycles. The number of para-hydroxylation sites is 1. The van der Waals surface area contributed by atoms with Gasteiger partial charge in [-0.1, -0.05) is 29.8 Å². The van der Waals surface area contributed by atoms with Crippen molar-refractivity contribution in [3.05, 3.63) is 65.9 Å². The van der Waals surface area contributed by atoms with Gasteiger partial charge in [0.05, 0.1) is 5.56 Å². The number of rotatable bonds is 6. The van der Waals surface area contributed by atoms with E-state index in [9.17, 15) is 4.79 Å². The minimum atomic E-state index is -0.0330. The third kappa shape index (κ3) is 5.17. The van der Waals surface area contributed by atoms with Gasteiger partial charge in [0.2, 0.25) is 0 Å². The fraction of sp³-hybridized carbons (Fsp3) is 0.417. The van der Waals surface area contributed by atoms with Gasteiger partial charge in [-0.05, 0) is 56.4 Å². The first kappa shape index (κ1) is 19.5. The molecule has 2 aliphatic rings. The van der Waals surface area contributed by atoms with Crippen molar-refractivity contribution in [3.8, 4) is 0 Å². The number of pyridine rings is 1. The molecule has 0 atom stereocenters. The molecule has 2 heterocycles. The van der Waals surface area contributed by atoms with Gasteiger partial charge in [0, 0.05) is 44.6 Å². The zero-order valence-electron chi connectivity index (χ0n) is 17.0. The molecule has 2 aromatic rings. The van der Waals surface area contributed by atoms with Gasteiger partial charge >= 0.3 is 0 Å². The largest absolute Gasteiger partial charge is 0.368 e. The van der Waals surface area contributed by atoms with Crippen molar-refractivity contribution >= 4 is 17.4 Å². The third-order valence-electron chi connectivity index (χ3n) is 5.85. The van der Waals surface area contributed by atoms with Crippen molar-refractivity contribution in [2.24, 2.45) is 0 Å². The van der Waals surface area contributed by atoms with Gasteiger partial charge in [0.1, 0.15) is 5.82 Å². The number of carbonyl (C=O) groups is 1. The smallest absolute Gasteiger partial charge is 0.252 e. The number of hydrogen-bond donors (Lipinski definition) is 1. The Morgan fingerprint density at radius 3 is 2.45 bits per heavy atom. The van der Waals surface area contributed by atoms with Crippen LogP contribution in [-0.2, 0) is 0 Å². The maximum absolute atomic E-state index is 12.4. The summed E-state index contributed by atoms with van der Waals surface area (Å²) in [5, 5.41) is 3.03. The van der Waals surface area contributed by atoms with E-state index in [1.54, 1.807) is 6.20 Å². The van der Waals surface area contributed by atoms with Gasteiger partial charge in [-0.3, -0.25) is 4.79 Å². The van der Waals surface area contributed by atoms with Gasteiger partial charge in [-0.15, -0.1) is 0 Å². The van der Waals surface area contributed by atoms with Crippen LogP contribution in [0.15, 0.2) is 60.3 Å². The number of carbonyl (C=O) groups excluding carboxylic acids is 1. The summed E-state index contributed by atoms with van der Waals surface area (Å²) in [6, 6.07) is 14.4. The predicted octanol–water partition coefficient (Wildman–Crippen LogP) is 4.03. The minimum absolute atomic E-state index is 0.0330. The van der Waals surface area contributed by atoms with Crippen molar-refractivity contribution in [3.63, 3.8) is 0 Å². The van der Waals surface area contributed by atoms with Gasteiger partial charge in [0.25, 0.3) is 5.91 Å². The van der Waals surface area contributed by atoms with E-state index in [2.05, 4.69) is 56.5 Å². The lowest BCUT2D eigenvalue weighted by Crippen LogP contribution is -2.46. The minimum Gasteiger partial charge on any atom is -0.368 e. The maximum atomic E-state index is 12.4. The molecular weight excluding hydrogens is 360 g/mol. The Hall–Kier alpha value is -2.82. The second-order valence-corrected chi connectivity index (χ2v) is 7.83. The van der Waals surface area contributed by atoms with E-state index < -0.39 is 0 Å². The first-order valence-electron chi connectivity index (χ1n) is 10.8. The van der Waals surface area contributed by atoms with Crippen LogP contribution in [0.2, 0.25) is 0 Å². The highest BCUT2D eigenvalue weighted by molar-refractivity contribution is 5.94. The van der Waals surface area contributed by atoms with E-state index in [-0.39, 0.29) is 5.91 Å². The molecule has 5 nitrogen and oxygen atoms in total. The fourth-order valence-electron chi connectivity index (χ4n) is 4.11. The molecule has 0 saturated carbocycles. The molecule has 0 spiro atoms. The Morgan fingerprint density at radius 2 is 1.76 bits per heavy atom. The summed E-state index contributed by atoms with van der Waals surface area (Å²) in [5.41, 5.74) is 3.39. The van der Waals surface area contributed by atoms with Crippen molar-refractivity contribution < 1.29 is 4.79 Å². The van der Waals surface area contributed by atoms with Crippen molar-refractivity contribution in [2.75, 3.05) is 42.5 Å². The normalized spacial score (nSPS) is 17.0. The molecule has 152 valence electrons. The molecule has 0 bridgehead atoms. The first-order valence-corrected chi connectivity index (χ1v) is 10.8. The molecule has 1 aromatic carbocycles. The molecule has 0 unspecified atom stereocenters. The molecule has 1 aromatic heterocycles. The number of nitrogens with one attached hydrogen (secondary N) is 1. The molecule has 1 fully saturated rings. The second kappa shape index (κ2) is 9.59. The van der Waals surface area contributed by atoms with Crippen molar-refractivity contribution in [1.82, 2.24) is 10.3 Å². The topological polar surface area (TPSA) is 48.5 Å². The van der Waals surface area contributed by atoms with Crippen LogP contribution in [0.5, 0.6) is 0 Å². The predicted molar refractivity (Wildman–Crippen MR) is 119 cm³/mol. The summed E-state index contributed by atoms with van der Waals surface area (Å²) in [5.74, 6) is 0.913. The average molecular weight is 391 g/mol. The first-order chi connectivity index (χ1) is 14.3. The Bertz CT molecular complexity index is 824. The van der Waals surface area contributed by atoms with Crippen molar-refractivity contribution in [2.45, 2.75) is 32.1 Å². The summed E-state index contributed by atoms with van der Waals surface area (Å²) < 4.78 is 0. The van der Waals surface area contributed by atoms with Gasteiger partial charge in [-0.2, -0.15) is 0 Å². The lowest BCUT2D eigenvalue weighted by atomic mass is 9.97. The summed E-state index contributed by atoms with van der Waals surface area (Å²) in [6.45, 7) is 4.52. The average Bonchev–Trinajstić information content (AvgIpc) is 2.80. The highest BCUT2D eigenvalue weighted by Crippen LogP contribution is 2.20. The fourth-order valence-corrected chi connectivity index (χ4v) is 4.11. The Balaban J connectivity index is 1.25. The molecule has 4 rings (SSSR count). The number of piperazine rings is 1. The van der Waals surface area contributed by atoms with Crippen LogP contribution in [0.1, 0.15) is 42.5 Å². The molecule has 1 saturated heterocycles. The summed E-state index contributed by atoms with van der Waals surface area (Å²) in [6.07, 6.45) is 9.96. The van der Waals surface area contributed by atoms with E-state index in [1.807, 2.05) is 12.1 Å². The standard InChI is InChI=1S/C24H30N4O/c29-24(25-14-13-20-7-3-1-4-8-20)21-11-12-23(26-19-21)28-17-15-27(16-18-28)22-9-5-2-6-10-22/h2,5-7,9-12,19H,1,3-4,8,13-18H2,(H,25,29). The summed E-state index contributed by atoms with van der Waals surface area (Å²) >= 11 is 0. The lowest BCUT2D eigenvalue weighted by molar-refractivity contribution is 0.0953. The van der Waals surface area contributed by atoms with Crippen LogP contribution in [0, 0.1) is 0 Å². The van der Waals surface area contributed by atoms with E-state index in [0.717, 1.165) is 38.4 Å². The summed E-state index contributed by atoms with van der Waals surface area (Å²) in [7, 11) is 0. The van der Waals surface area contributed by atoms with Crippen LogP contribution in [-0.4, -0.2) is 43.6 Å². The highest BCUT2D eigenvalue weighted by Gasteiger charge is 2.18. The number of nitrogens with zero attached hydrogens (tertiary/aromatic N) is 3. The van der Waals surface area contributed by atoms with Gasteiger partial charge in [0.15, 0.2) is 0 Å². The van der Waals surface area contributed by atoms with E-state index >= 15 is 0 Å². The monoisotopic (exact) mass is 390 g/mol. The van der Waals surface area contributed by atoms with E-state index in [4.69, 9.17) is 0 Å². The zero-order chi connectivity index (χ0) is 19.9. The van der Waals surface area contributed by atoms with Gasteiger partial charge in [-0.25, -0.2) is 4.98 Å². The number of allylic oxidation sites excluding steroid dienone is 1. The quantitative estimate of drug-likeness (QED) is 0.757. The molecule has 5 heteroatoms. The number of benzene rings is 1. The third-order valence-corrected chi connectivity index (χ3v) is 5.85. The molecule has 1 aliphatic carbocycles. The van der Waals surface area contributed by atoms with Crippen LogP contribution in [0.3, 0.4) is 0 Å². The summed E-state index contributed by atoms with van der Waals surface area (Å²) in [4.78, 5) is 21.6. The van der Waals surface area contributed by atoms with Crippen molar-refractivity contribution in [1.29, 1.82) is 0 Å². The molecule has 29 heavy (non-hydrogen) atoms. The van der Waals surface area contributed by atoms with E-state index in [1.165, 1.54) is 36.9 Å². The Morgan fingerprint density at radius 1 is 0.966 bits per heavy atom. The molecule has 1 amide bonds. The number of aromatic nitrogens is 1. The SMILES string of the molecule is O=C(NCCC1=CCCCC1)c1ccc(N2CCN(c3ccccc3)CC2)nc1. The Kier molecular flexibility index (Phi) is 6.45. The Labute approximate surface area is 173 Å². The second-order valence-electron chi connectivity index (χ2n) is 7.83. The van der Waals surface area contributed by atoms with Crippen LogP contribution >= 0.6 is 0 Å². The van der Waals surface area contributed by atoms with Crippen LogP contribution in [0.25, 0.3) is 0 Å². The lowest BCUT2D eigenvalue weighted by Gasteiger charge is -2.36. The molecule has 1 N–H and O–H groups in total. The van der Waals surface area contributed by atoms with Gasteiger partial charge < -0.3 is 15.1 Å². The number of anilines is 2. The molecule has 0 radical (unpaired) electrons. The number of hydrogen-bond acceptors (Lipinski definition) is 4.